The van der Waals surface area contributed by atoms with E-state index in [1.54, 1.807) is 0 Å². The molecule has 0 amide bonds. The zero-order chi connectivity index (χ0) is 12.3. The van der Waals surface area contributed by atoms with Gasteiger partial charge in [0.05, 0.1) is 6.10 Å². The highest BCUT2D eigenvalue weighted by Gasteiger charge is 2.25. The predicted molar refractivity (Wildman–Crippen MR) is 71.1 cm³/mol. The lowest BCUT2D eigenvalue weighted by atomic mass is 9.86. The number of nitrogens with zero attached hydrogens (tertiary/aromatic N) is 1. The van der Waals surface area contributed by atoms with Crippen LogP contribution in [0, 0.1) is 5.92 Å². The Morgan fingerprint density at radius 3 is 2.71 bits per heavy atom. The molecule has 17 heavy (non-hydrogen) atoms. The van der Waals surface area contributed by atoms with Crippen LogP contribution in [0.5, 0.6) is 0 Å². The van der Waals surface area contributed by atoms with Gasteiger partial charge in [-0.15, -0.1) is 0 Å². The number of hydrogen-bond acceptors (Lipinski definition) is 3. The van der Waals surface area contributed by atoms with Crippen LogP contribution in [0.15, 0.2) is 0 Å². The molecule has 2 aliphatic carbocycles. The Labute approximate surface area is 106 Å². The maximum Gasteiger partial charge on any atom is 0.0791 e. The Hall–Kier alpha value is -0.120. The quantitative estimate of drug-likeness (QED) is 0.740. The van der Waals surface area contributed by atoms with Crippen molar-refractivity contribution >= 4 is 0 Å². The Bertz CT molecular complexity index is 230. The van der Waals surface area contributed by atoms with E-state index < -0.39 is 0 Å². The fourth-order valence-electron chi connectivity index (χ4n) is 2.94. The van der Waals surface area contributed by atoms with Crippen LogP contribution in [0.1, 0.15) is 45.4 Å². The summed E-state index contributed by atoms with van der Waals surface area (Å²) in [6.07, 6.45) is 7.73. The molecular formula is C14H28N2O. The number of nitrogens with one attached hydrogen (secondary N) is 1. The summed E-state index contributed by atoms with van der Waals surface area (Å²) in [5, 5.41) is 13.4. The van der Waals surface area contributed by atoms with Crippen LogP contribution < -0.4 is 5.32 Å². The standard InChI is InChI=1S/C14H28N2O/c1-11-4-3-5-13(8-11)16(2)10-14(17)9-15-12-6-7-12/h11-15,17H,3-10H2,1-2H3. The second kappa shape index (κ2) is 6.17. The number of rotatable bonds is 6. The molecule has 0 aliphatic heterocycles. The van der Waals surface area contributed by atoms with E-state index in [1.807, 2.05) is 0 Å². The van der Waals surface area contributed by atoms with Crippen LogP contribution in [0.3, 0.4) is 0 Å². The Kier molecular flexibility index (Phi) is 4.83. The fourth-order valence-corrected chi connectivity index (χ4v) is 2.94. The van der Waals surface area contributed by atoms with Crippen molar-refractivity contribution < 1.29 is 5.11 Å². The van der Waals surface area contributed by atoms with Crippen LogP contribution in [0.25, 0.3) is 0 Å². The van der Waals surface area contributed by atoms with Crippen molar-refractivity contribution in [2.75, 3.05) is 20.1 Å². The van der Waals surface area contributed by atoms with Gasteiger partial charge in [-0.1, -0.05) is 19.8 Å². The Balaban J connectivity index is 1.65. The molecule has 3 unspecified atom stereocenters. The number of aliphatic hydroxyl groups is 1. The third-order valence-electron chi connectivity index (χ3n) is 4.25. The Morgan fingerprint density at radius 2 is 2.06 bits per heavy atom. The molecular weight excluding hydrogens is 212 g/mol. The van der Waals surface area contributed by atoms with E-state index in [9.17, 15) is 5.11 Å². The summed E-state index contributed by atoms with van der Waals surface area (Å²) in [7, 11) is 2.17. The van der Waals surface area contributed by atoms with Crippen molar-refractivity contribution in [3.8, 4) is 0 Å². The van der Waals surface area contributed by atoms with Gasteiger partial charge in [0.2, 0.25) is 0 Å². The minimum Gasteiger partial charge on any atom is -0.390 e. The highest BCUT2D eigenvalue weighted by Crippen LogP contribution is 2.26. The van der Waals surface area contributed by atoms with Crippen molar-refractivity contribution in [2.24, 2.45) is 5.92 Å². The lowest BCUT2D eigenvalue weighted by Crippen LogP contribution is -2.43. The molecule has 3 atom stereocenters. The first-order chi connectivity index (χ1) is 8.15. The van der Waals surface area contributed by atoms with Crippen LogP contribution >= 0.6 is 0 Å². The zero-order valence-corrected chi connectivity index (χ0v) is 11.4. The van der Waals surface area contributed by atoms with Crippen LogP contribution in [0.4, 0.5) is 0 Å². The normalized spacial score (nSPS) is 31.8. The lowest BCUT2D eigenvalue weighted by molar-refractivity contribution is 0.0825. The summed E-state index contributed by atoms with van der Waals surface area (Å²) >= 11 is 0. The minimum absolute atomic E-state index is 0.210. The molecule has 0 aromatic rings. The fraction of sp³-hybridized carbons (Fsp3) is 1.00. The highest BCUT2D eigenvalue weighted by molar-refractivity contribution is 4.83. The molecule has 0 bridgehead atoms. The van der Waals surface area contributed by atoms with E-state index in [1.165, 1.54) is 38.5 Å². The maximum absolute atomic E-state index is 9.99. The van der Waals surface area contributed by atoms with Gasteiger partial charge in [0.25, 0.3) is 0 Å². The molecule has 2 aliphatic rings. The SMILES string of the molecule is CC1CCCC(N(C)CC(O)CNC2CC2)C1. The van der Waals surface area contributed by atoms with E-state index >= 15 is 0 Å². The minimum atomic E-state index is -0.210. The van der Waals surface area contributed by atoms with E-state index in [4.69, 9.17) is 0 Å². The number of hydrogen-bond donors (Lipinski definition) is 2. The summed E-state index contributed by atoms with van der Waals surface area (Å²) in [6.45, 7) is 3.93. The van der Waals surface area contributed by atoms with Gasteiger partial charge in [-0.05, 0) is 38.6 Å². The summed E-state index contributed by atoms with van der Waals surface area (Å²) in [6, 6.07) is 1.39. The molecule has 0 radical (unpaired) electrons. The van der Waals surface area contributed by atoms with Crippen molar-refractivity contribution in [1.29, 1.82) is 0 Å². The third-order valence-corrected chi connectivity index (χ3v) is 4.25. The molecule has 0 saturated heterocycles. The molecule has 2 saturated carbocycles. The van der Waals surface area contributed by atoms with E-state index in [0.717, 1.165) is 19.0 Å². The lowest BCUT2D eigenvalue weighted by Gasteiger charge is -2.35. The molecule has 3 nitrogen and oxygen atoms in total. The topological polar surface area (TPSA) is 35.5 Å². The number of likely N-dealkylation sites (N-methyl/N-ethyl adjacent to an activating group) is 1. The van der Waals surface area contributed by atoms with Gasteiger partial charge < -0.3 is 15.3 Å². The second-order valence-corrected chi connectivity index (χ2v) is 6.20. The maximum atomic E-state index is 9.99. The molecule has 0 aromatic carbocycles. The molecule has 100 valence electrons. The van der Waals surface area contributed by atoms with Gasteiger partial charge >= 0.3 is 0 Å². The average Bonchev–Trinajstić information content (AvgIpc) is 3.10. The van der Waals surface area contributed by atoms with Crippen LogP contribution in [-0.4, -0.2) is 48.3 Å². The molecule has 0 aromatic heterocycles. The molecule has 2 rings (SSSR count). The van der Waals surface area contributed by atoms with Gasteiger partial charge in [0, 0.05) is 25.2 Å². The average molecular weight is 240 g/mol. The van der Waals surface area contributed by atoms with Gasteiger partial charge in [-0.2, -0.15) is 0 Å². The van der Waals surface area contributed by atoms with Crippen LogP contribution in [-0.2, 0) is 0 Å². The summed E-state index contributed by atoms with van der Waals surface area (Å²) in [5.74, 6) is 0.859. The van der Waals surface area contributed by atoms with Gasteiger partial charge in [0.1, 0.15) is 0 Å². The van der Waals surface area contributed by atoms with E-state index in [0.29, 0.717) is 12.1 Å². The van der Waals surface area contributed by atoms with Gasteiger partial charge in [-0.25, -0.2) is 0 Å². The van der Waals surface area contributed by atoms with Crippen LogP contribution in [0.2, 0.25) is 0 Å². The van der Waals surface area contributed by atoms with Crippen molar-refractivity contribution in [3.63, 3.8) is 0 Å². The molecule has 0 spiro atoms. The van der Waals surface area contributed by atoms with E-state index in [2.05, 4.69) is 24.2 Å². The molecule has 3 heteroatoms. The predicted octanol–water partition coefficient (Wildman–Crippen LogP) is 1.61. The smallest absolute Gasteiger partial charge is 0.0791 e. The summed E-state index contributed by atoms with van der Waals surface area (Å²) < 4.78 is 0. The highest BCUT2D eigenvalue weighted by atomic mass is 16.3. The number of aliphatic hydroxyl groups excluding tert-OH is 1. The monoisotopic (exact) mass is 240 g/mol. The van der Waals surface area contributed by atoms with Crippen molar-refractivity contribution in [1.82, 2.24) is 10.2 Å². The van der Waals surface area contributed by atoms with Crippen molar-refractivity contribution in [3.05, 3.63) is 0 Å². The summed E-state index contributed by atoms with van der Waals surface area (Å²) in [5.41, 5.74) is 0. The third kappa shape index (κ3) is 4.57. The molecule has 2 N–H and O–H groups in total. The summed E-state index contributed by atoms with van der Waals surface area (Å²) in [4.78, 5) is 2.37. The zero-order valence-electron chi connectivity index (χ0n) is 11.4. The first kappa shape index (κ1) is 13.3. The van der Waals surface area contributed by atoms with E-state index in [-0.39, 0.29) is 6.10 Å². The molecule has 0 heterocycles. The second-order valence-electron chi connectivity index (χ2n) is 6.20. The largest absolute Gasteiger partial charge is 0.390 e. The van der Waals surface area contributed by atoms with Gasteiger partial charge in [-0.3, -0.25) is 0 Å². The van der Waals surface area contributed by atoms with Crippen molar-refractivity contribution in [2.45, 2.75) is 63.6 Å². The molecule has 2 fully saturated rings. The Morgan fingerprint density at radius 1 is 1.29 bits per heavy atom. The van der Waals surface area contributed by atoms with Gasteiger partial charge in [0.15, 0.2) is 0 Å². The first-order valence-corrected chi connectivity index (χ1v) is 7.27. The first-order valence-electron chi connectivity index (χ1n) is 7.27.